The summed E-state index contributed by atoms with van der Waals surface area (Å²) in [6.07, 6.45) is 3.67. The van der Waals surface area contributed by atoms with Gasteiger partial charge in [0.2, 0.25) is 0 Å². The van der Waals surface area contributed by atoms with E-state index in [0.29, 0.717) is 25.7 Å². The maximum atomic E-state index is 9.86. The average molecular weight is 299 g/mol. The molecular weight excluding hydrogens is 274 g/mol. The highest BCUT2D eigenvalue weighted by atomic mass is 32.1. The van der Waals surface area contributed by atoms with Gasteiger partial charge in [0.1, 0.15) is 0 Å². The molecule has 20 heavy (non-hydrogen) atoms. The molecule has 0 aliphatic heterocycles. The van der Waals surface area contributed by atoms with Crippen molar-refractivity contribution < 1.29 is 14.9 Å². The van der Waals surface area contributed by atoms with Crippen molar-refractivity contribution in [3.05, 3.63) is 22.4 Å². The summed E-state index contributed by atoms with van der Waals surface area (Å²) >= 11 is 1.66. The van der Waals surface area contributed by atoms with Crippen LogP contribution in [0.25, 0.3) is 0 Å². The third-order valence-electron chi connectivity index (χ3n) is 3.79. The lowest BCUT2D eigenvalue weighted by molar-refractivity contribution is 0.0262. The van der Waals surface area contributed by atoms with Gasteiger partial charge >= 0.3 is 0 Å². The molecule has 0 aromatic carbocycles. The van der Waals surface area contributed by atoms with E-state index in [0.717, 1.165) is 25.8 Å². The molecule has 0 spiro atoms. The molecule has 0 radical (unpaired) electrons. The van der Waals surface area contributed by atoms with Crippen molar-refractivity contribution in [2.75, 3.05) is 19.7 Å². The Hall–Kier alpha value is -0.460. The Morgan fingerprint density at radius 3 is 3.00 bits per heavy atom. The molecule has 0 amide bonds. The molecule has 3 atom stereocenters. The van der Waals surface area contributed by atoms with Crippen LogP contribution in [0, 0.1) is 5.92 Å². The maximum absolute atomic E-state index is 9.86. The first-order chi connectivity index (χ1) is 9.75. The van der Waals surface area contributed by atoms with E-state index in [1.54, 1.807) is 11.3 Å². The molecule has 4 nitrogen and oxygen atoms in total. The van der Waals surface area contributed by atoms with E-state index >= 15 is 0 Å². The maximum Gasteiger partial charge on any atom is 0.0897 e. The van der Waals surface area contributed by atoms with Gasteiger partial charge in [-0.3, -0.25) is 0 Å². The fourth-order valence-corrected chi connectivity index (χ4v) is 3.25. The Balaban J connectivity index is 1.52. The SMILES string of the molecule is OC(CNCC1CCCCC1O)COCc1cccs1. The van der Waals surface area contributed by atoms with Crippen molar-refractivity contribution >= 4 is 11.3 Å². The molecular formula is C15H25NO3S. The van der Waals surface area contributed by atoms with E-state index in [1.807, 2.05) is 17.5 Å². The van der Waals surface area contributed by atoms with Gasteiger partial charge in [-0.15, -0.1) is 11.3 Å². The van der Waals surface area contributed by atoms with Crippen LogP contribution >= 0.6 is 11.3 Å². The van der Waals surface area contributed by atoms with Crippen molar-refractivity contribution in [2.45, 2.75) is 44.5 Å². The molecule has 3 N–H and O–H groups in total. The standard InChI is InChI=1S/C15H25NO3S/c17-13(10-19-11-14-5-3-7-20-14)9-16-8-12-4-1-2-6-15(12)18/h3,5,7,12-13,15-18H,1-2,4,6,8-11H2. The number of nitrogens with one attached hydrogen (secondary N) is 1. The Bertz CT molecular complexity index is 358. The molecule has 1 aromatic rings. The first kappa shape index (κ1) is 15.9. The topological polar surface area (TPSA) is 61.7 Å². The highest BCUT2D eigenvalue weighted by Gasteiger charge is 2.22. The van der Waals surface area contributed by atoms with Crippen LogP contribution < -0.4 is 5.32 Å². The Labute approximate surface area is 124 Å². The monoisotopic (exact) mass is 299 g/mol. The van der Waals surface area contributed by atoms with Crippen molar-refractivity contribution in [1.29, 1.82) is 0 Å². The molecule has 0 bridgehead atoms. The van der Waals surface area contributed by atoms with Crippen LogP contribution in [0.4, 0.5) is 0 Å². The number of aliphatic hydroxyl groups excluding tert-OH is 2. The van der Waals surface area contributed by atoms with Crippen LogP contribution in [-0.2, 0) is 11.3 Å². The number of hydrogen-bond donors (Lipinski definition) is 3. The van der Waals surface area contributed by atoms with E-state index in [2.05, 4.69) is 5.32 Å². The highest BCUT2D eigenvalue weighted by Crippen LogP contribution is 2.23. The predicted molar refractivity (Wildman–Crippen MR) is 80.8 cm³/mol. The number of rotatable bonds is 8. The third kappa shape index (κ3) is 5.50. The summed E-state index contributed by atoms with van der Waals surface area (Å²) in [7, 11) is 0. The zero-order chi connectivity index (χ0) is 14.2. The lowest BCUT2D eigenvalue weighted by Gasteiger charge is -2.28. The van der Waals surface area contributed by atoms with E-state index in [1.165, 1.54) is 11.3 Å². The van der Waals surface area contributed by atoms with Gasteiger partial charge in [-0.25, -0.2) is 0 Å². The fourth-order valence-electron chi connectivity index (χ4n) is 2.61. The van der Waals surface area contributed by atoms with Crippen molar-refractivity contribution in [2.24, 2.45) is 5.92 Å². The number of aliphatic hydroxyl groups is 2. The van der Waals surface area contributed by atoms with Crippen LogP contribution in [0.5, 0.6) is 0 Å². The van der Waals surface area contributed by atoms with Crippen molar-refractivity contribution in [3.63, 3.8) is 0 Å². The van der Waals surface area contributed by atoms with E-state index in [-0.39, 0.29) is 6.10 Å². The molecule has 2 rings (SSSR count). The molecule has 1 heterocycles. The van der Waals surface area contributed by atoms with Crippen molar-refractivity contribution in [3.8, 4) is 0 Å². The summed E-state index contributed by atoms with van der Waals surface area (Å²) < 4.78 is 5.47. The number of thiophene rings is 1. The highest BCUT2D eigenvalue weighted by molar-refractivity contribution is 7.09. The summed E-state index contributed by atoms with van der Waals surface area (Å²) in [5, 5.41) is 24.9. The molecule has 1 aliphatic rings. The van der Waals surface area contributed by atoms with Gasteiger partial charge in [-0.1, -0.05) is 18.9 Å². The largest absolute Gasteiger partial charge is 0.393 e. The minimum Gasteiger partial charge on any atom is -0.393 e. The molecule has 3 unspecified atom stereocenters. The summed E-state index contributed by atoms with van der Waals surface area (Å²) in [5.41, 5.74) is 0. The summed E-state index contributed by atoms with van der Waals surface area (Å²) in [6, 6.07) is 4.02. The van der Waals surface area contributed by atoms with E-state index in [4.69, 9.17) is 4.74 Å². The third-order valence-corrected chi connectivity index (χ3v) is 4.64. The van der Waals surface area contributed by atoms with Gasteiger partial charge in [0.25, 0.3) is 0 Å². The van der Waals surface area contributed by atoms with Gasteiger partial charge in [-0.05, 0) is 30.2 Å². The van der Waals surface area contributed by atoms with Crippen LogP contribution in [0.1, 0.15) is 30.6 Å². The quantitative estimate of drug-likeness (QED) is 0.684. The second-order valence-corrected chi connectivity index (χ2v) is 6.55. The van der Waals surface area contributed by atoms with Crippen LogP contribution in [0.3, 0.4) is 0 Å². The fraction of sp³-hybridized carbons (Fsp3) is 0.733. The molecule has 5 heteroatoms. The second kappa shape index (κ2) is 8.74. The van der Waals surface area contributed by atoms with Crippen molar-refractivity contribution in [1.82, 2.24) is 5.32 Å². The van der Waals surface area contributed by atoms with Crippen LogP contribution in [0.15, 0.2) is 17.5 Å². The smallest absolute Gasteiger partial charge is 0.0897 e. The average Bonchev–Trinajstić information content (AvgIpc) is 2.94. The Morgan fingerprint density at radius 1 is 1.40 bits per heavy atom. The summed E-state index contributed by atoms with van der Waals surface area (Å²) in [6.45, 7) is 2.21. The molecule has 1 aliphatic carbocycles. The Morgan fingerprint density at radius 2 is 2.25 bits per heavy atom. The number of ether oxygens (including phenoxy) is 1. The molecule has 1 aromatic heterocycles. The zero-order valence-electron chi connectivity index (χ0n) is 11.8. The first-order valence-corrected chi connectivity index (χ1v) is 8.30. The first-order valence-electron chi connectivity index (χ1n) is 7.42. The van der Waals surface area contributed by atoms with Crippen LogP contribution in [-0.4, -0.2) is 42.1 Å². The minimum absolute atomic E-state index is 0.177. The molecule has 114 valence electrons. The van der Waals surface area contributed by atoms with Gasteiger partial charge in [-0.2, -0.15) is 0 Å². The van der Waals surface area contributed by atoms with E-state index in [9.17, 15) is 10.2 Å². The summed E-state index contributed by atoms with van der Waals surface area (Å²) in [5.74, 6) is 0.336. The normalized spacial score (nSPS) is 24.7. The lowest BCUT2D eigenvalue weighted by Crippen LogP contribution is -2.38. The Kier molecular flexibility index (Phi) is 6.96. The predicted octanol–water partition coefficient (Wildman–Crippen LogP) is 1.77. The molecule has 0 saturated heterocycles. The molecule has 1 fully saturated rings. The summed E-state index contributed by atoms with van der Waals surface area (Å²) in [4.78, 5) is 1.18. The number of hydrogen-bond acceptors (Lipinski definition) is 5. The van der Waals surface area contributed by atoms with Gasteiger partial charge < -0.3 is 20.3 Å². The van der Waals surface area contributed by atoms with Gasteiger partial charge in [0.15, 0.2) is 0 Å². The van der Waals surface area contributed by atoms with Gasteiger partial charge in [0.05, 0.1) is 25.4 Å². The van der Waals surface area contributed by atoms with E-state index < -0.39 is 6.10 Å². The minimum atomic E-state index is -0.490. The van der Waals surface area contributed by atoms with Gasteiger partial charge in [0, 0.05) is 18.0 Å². The lowest BCUT2D eigenvalue weighted by atomic mass is 9.86. The second-order valence-electron chi connectivity index (χ2n) is 5.52. The zero-order valence-corrected chi connectivity index (χ0v) is 12.6. The van der Waals surface area contributed by atoms with Crippen LogP contribution in [0.2, 0.25) is 0 Å². The molecule has 1 saturated carbocycles.